The third kappa shape index (κ3) is 5.53. The fourth-order valence-electron chi connectivity index (χ4n) is 2.81. The molecule has 0 saturated heterocycles. The number of carbonyl (C=O) groups is 2. The quantitative estimate of drug-likeness (QED) is 0.760. The minimum Gasteiger partial charge on any atom is -0.310 e. The van der Waals surface area contributed by atoms with Crippen LogP contribution >= 0.6 is 0 Å². The van der Waals surface area contributed by atoms with Crippen LogP contribution in [0.5, 0.6) is 0 Å². The van der Waals surface area contributed by atoms with E-state index < -0.39 is 5.41 Å². The second kappa shape index (κ2) is 8.16. The monoisotopic (exact) mass is 363 g/mol. The van der Waals surface area contributed by atoms with E-state index in [0.717, 1.165) is 5.56 Å². The second-order valence-electron chi connectivity index (χ2n) is 8.73. The number of rotatable bonds is 6. The van der Waals surface area contributed by atoms with Crippen molar-refractivity contribution in [3.63, 3.8) is 0 Å². The molecule has 1 heterocycles. The average Bonchev–Trinajstić information content (AvgIpc) is 2.54. The van der Waals surface area contributed by atoms with E-state index in [-0.39, 0.29) is 21.8 Å². The lowest BCUT2D eigenvalue weighted by atomic mass is 9.88. The molecule has 0 bridgehead atoms. The molecule has 6 heteroatoms. The number of pyridine rings is 1. The van der Waals surface area contributed by atoms with Crippen LogP contribution in [0.15, 0.2) is 18.3 Å². The highest BCUT2D eigenvalue weighted by Crippen LogP contribution is 2.25. The lowest BCUT2D eigenvalue weighted by Crippen LogP contribution is -2.59. The highest BCUT2D eigenvalue weighted by Gasteiger charge is 2.41. The van der Waals surface area contributed by atoms with E-state index in [1.54, 1.807) is 6.20 Å². The lowest BCUT2D eigenvalue weighted by molar-refractivity contribution is -0.833. The molecule has 3 amide bonds. The maximum atomic E-state index is 12.8. The average molecular weight is 364 g/mol. The molecule has 26 heavy (non-hydrogen) atoms. The van der Waals surface area contributed by atoms with Crippen molar-refractivity contribution < 1.29 is 14.1 Å². The summed E-state index contributed by atoms with van der Waals surface area (Å²) in [7, 11) is 1.86. The molecule has 0 radical (unpaired) electrons. The van der Waals surface area contributed by atoms with Gasteiger partial charge in [-0.3, -0.25) is 4.79 Å². The molecule has 0 fully saturated rings. The molecular formula is C20H35N4O2+. The molecule has 1 atom stereocenters. The highest BCUT2D eigenvalue weighted by molar-refractivity contribution is 5.94. The first kappa shape index (κ1) is 22.1. The summed E-state index contributed by atoms with van der Waals surface area (Å²) in [6.45, 7) is 15.5. The summed E-state index contributed by atoms with van der Waals surface area (Å²) in [5.74, 6) is 0.385. The molecule has 0 aliphatic rings. The van der Waals surface area contributed by atoms with Crippen molar-refractivity contribution in [2.45, 2.75) is 53.9 Å². The largest absolute Gasteiger partial charge is 0.416 e. The summed E-state index contributed by atoms with van der Waals surface area (Å²) < 4.78 is 0.157. The maximum Gasteiger partial charge on any atom is 0.416 e. The van der Waals surface area contributed by atoms with Crippen molar-refractivity contribution >= 4 is 17.8 Å². The molecule has 1 unspecified atom stereocenters. The maximum absolute atomic E-state index is 12.8. The molecule has 0 aliphatic heterocycles. The summed E-state index contributed by atoms with van der Waals surface area (Å²) in [4.78, 5) is 29.6. The number of carbonyl (C=O) groups excluding carboxylic acids is 2. The zero-order chi connectivity index (χ0) is 20.2. The van der Waals surface area contributed by atoms with Gasteiger partial charge in [-0.25, -0.2) is 14.3 Å². The van der Waals surface area contributed by atoms with Gasteiger partial charge in [0.15, 0.2) is 0 Å². The van der Waals surface area contributed by atoms with Crippen LogP contribution in [0, 0.1) is 5.41 Å². The Labute approximate surface area is 158 Å². The van der Waals surface area contributed by atoms with Gasteiger partial charge in [0.05, 0.1) is 19.0 Å². The smallest absolute Gasteiger partial charge is 0.310 e. The number of urea groups is 1. The Bertz CT molecular complexity index is 632. The summed E-state index contributed by atoms with van der Waals surface area (Å²) in [6.07, 6.45) is 1.80. The van der Waals surface area contributed by atoms with Crippen LogP contribution in [0.2, 0.25) is 0 Å². The Kier molecular flexibility index (Phi) is 6.94. The molecule has 1 rings (SSSR count). The first-order valence-corrected chi connectivity index (χ1v) is 9.26. The molecule has 2 N–H and O–H groups in total. The molecule has 0 saturated carbocycles. The fraction of sp³-hybridized carbons (Fsp3) is 0.650. The Hall–Kier alpha value is -1.95. The summed E-state index contributed by atoms with van der Waals surface area (Å²) in [5.41, 5.74) is 0.406. The van der Waals surface area contributed by atoms with Gasteiger partial charge in [0.2, 0.25) is 5.91 Å². The van der Waals surface area contributed by atoms with Crippen LogP contribution in [0.25, 0.3) is 0 Å². The predicted octanol–water partition coefficient (Wildman–Crippen LogP) is 3.54. The predicted molar refractivity (Wildman–Crippen MR) is 106 cm³/mol. The zero-order valence-electron chi connectivity index (χ0n) is 17.6. The number of quaternary nitrogens is 1. The number of hydrogen-bond acceptors (Lipinski definition) is 3. The minimum absolute atomic E-state index is 0.0157. The van der Waals surface area contributed by atoms with Gasteiger partial charge >= 0.3 is 6.03 Å². The fourth-order valence-corrected chi connectivity index (χ4v) is 2.81. The van der Waals surface area contributed by atoms with Crippen molar-refractivity contribution in [3.05, 3.63) is 23.9 Å². The van der Waals surface area contributed by atoms with Crippen LogP contribution in [0.4, 0.5) is 10.6 Å². The number of aromatic nitrogens is 1. The SMILES string of the molecule is CCNC(=O)[N+](C)(CC)CC(C)(C)C(=O)Nc1ccc(C(C)(C)C)cn1. The molecule has 0 aromatic carbocycles. The van der Waals surface area contributed by atoms with E-state index in [4.69, 9.17) is 0 Å². The number of anilines is 1. The zero-order valence-corrected chi connectivity index (χ0v) is 17.6. The van der Waals surface area contributed by atoms with Crippen LogP contribution < -0.4 is 10.6 Å². The first-order valence-electron chi connectivity index (χ1n) is 9.26. The summed E-state index contributed by atoms with van der Waals surface area (Å²) >= 11 is 0. The van der Waals surface area contributed by atoms with Crippen LogP contribution in [0.1, 0.15) is 54.0 Å². The molecule has 1 aromatic heterocycles. The summed E-state index contributed by atoms with van der Waals surface area (Å²) in [5, 5.41) is 5.74. The van der Waals surface area contributed by atoms with Gasteiger partial charge in [0.1, 0.15) is 12.4 Å². The molecule has 6 nitrogen and oxygen atoms in total. The van der Waals surface area contributed by atoms with Gasteiger partial charge in [0, 0.05) is 12.7 Å². The molecule has 146 valence electrons. The van der Waals surface area contributed by atoms with Gasteiger partial charge in [-0.05, 0) is 44.7 Å². The number of amides is 3. The van der Waals surface area contributed by atoms with Crippen molar-refractivity contribution in [2.75, 3.05) is 32.0 Å². The van der Waals surface area contributed by atoms with E-state index in [0.29, 0.717) is 25.5 Å². The van der Waals surface area contributed by atoms with E-state index in [1.165, 1.54) is 0 Å². The summed E-state index contributed by atoms with van der Waals surface area (Å²) in [6, 6.07) is 3.74. The third-order valence-corrected chi connectivity index (χ3v) is 4.75. The molecule has 0 aliphatic carbocycles. The van der Waals surface area contributed by atoms with Gasteiger partial charge in [-0.2, -0.15) is 0 Å². The Morgan fingerprint density at radius 2 is 1.73 bits per heavy atom. The normalized spacial score (nSPS) is 14.5. The standard InChI is InChI=1S/C20H34N4O2/c1-9-21-18(26)24(8,10-2)14-20(6,7)17(25)23-16-12-11-15(13-22-16)19(3,4)5/h11-13H,9-10,14H2,1-8H3,(H-,21,22,23,25,26)/p+1. The van der Waals surface area contributed by atoms with Crippen molar-refractivity contribution in [1.82, 2.24) is 10.3 Å². The van der Waals surface area contributed by atoms with Crippen LogP contribution in [-0.4, -0.2) is 48.1 Å². The minimum atomic E-state index is -0.722. The van der Waals surface area contributed by atoms with Crippen molar-refractivity contribution in [3.8, 4) is 0 Å². The highest BCUT2D eigenvalue weighted by atomic mass is 16.2. The Balaban J connectivity index is 2.88. The Morgan fingerprint density at radius 1 is 1.12 bits per heavy atom. The van der Waals surface area contributed by atoms with Gasteiger partial charge in [-0.15, -0.1) is 0 Å². The van der Waals surface area contributed by atoms with E-state index >= 15 is 0 Å². The van der Waals surface area contributed by atoms with Gasteiger partial charge < -0.3 is 10.6 Å². The first-order chi connectivity index (χ1) is 11.9. The second-order valence-corrected chi connectivity index (χ2v) is 8.73. The van der Waals surface area contributed by atoms with Gasteiger partial charge in [-0.1, -0.05) is 26.8 Å². The number of nitrogens with one attached hydrogen (secondary N) is 2. The molecule has 0 spiro atoms. The molecule has 1 aromatic rings. The number of hydrogen-bond donors (Lipinski definition) is 2. The van der Waals surface area contributed by atoms with Crippen molar-refractivity contribution in [2.24, 2.45) is 5.41 Å². The van der Waals surface area contributed by atoms with E-state index in [9.17, 15) is 9.59 Å². The van der Waals surface area contributed by atoms with Crippen LogP contribution in [0.3, 0.4) is 0 Å². The van der Waals surface area contributed by atoms with Crippen LogP contribution in [-0.2, 0) is 10.2 Å². The van der Waals surface area contributed by atoms with E-state index in [2.05, 4.69) is 36.4 Å². The topological polar surface area (TPSA) is 71.1 Å². The Morgan fingerprint density at radius 3 is 2.15 bits per heavy atom. The van der Waals surface area contributed by atoms with E-state index in [1.807, 2.05) is 46.9 Å². The van der Waals surface area contributed by atoms with Gasteiger partial charge in [0.25, 0.3) is 0 Å². The van der Waals surface area contributed by atoms with Crippen molar-refractivity contribution in [1.29, 1.82) is 0 Å². The lowest BCUT2D eigenvalue weighted by Gasteiger charge is -2.36. The number of nitrogens with zero attached hydrogens (tertiary/aromatic N) is 2. The molecular weight excluding hydrogens is 328 g/mol. The third-order valence-electron chi connectivity index (χ3n) is 4.75.